The van der Waals surface area contributed by atoms with Gasteiger partial charge in [0.05, 0.1) is 24.0 Å². The number of unbranched alkanes of at least 4 members (excludes halogenated alkanes) is 2. The van der Waals surface area contributed by atoms with E-state index >= 15 is 0 Å². The van der Waals surface area contributed by atoms with E-state index in [1.54, 1.807) is 0 Å². The van der Waals surface area contributed by atoms with Crippen molar-refractivity contribution in [2.45, 2.75) is 126 Å². The number of hydrogen-bond acceptors (Lipinski definition) is 11. The summed E-state index contributed by atoms with van der Waals surface area (Å²) in [6.45, 7) is 4.54. The van der Waals surface area contributed by atoms with Gasteiger partial charge in [-0.1, -0.05) is 19.8 Å². The molecule has 0 bridgehead atoms. The van der Waals surface area contributed by atoms with E-state index in [9.17, 15) is 24.3 Å². The number of ether oxygens (including phenoxy) is 6. The van der Waals surface area contributed by atoms with E-state index in [-0.39, 0.29) is 31.3 Å². The Kier molecular flexibility index (Phi) is 7.67. The third-order valence-corrected chi connectivity index (χ3v) is 8.75. The first-order valence-electron chi connectivity index (χ1n) is 13.4. The SMILES string of the molecule is CCCCCC(=O)OC1CC2C(C(OC(C)=O)C3OC3CC(Cl)C3OC(=O)CC3(O)C2OC(C)=O)C2OC12. The zero-order valence-electron chi connectivity index (χ0n) is 21.7. The number of epoxide rings is 2. The summed E-state index contributed by atoms with van der Waals surface area (Å²) in [5.74, 6) is -3.53. The van der Waals surface area contributed by atoms with E-state index < -0.39 is 89.9 Å². The Morgan fingerprint density at radius 1 is 1.03 bits per heavy atom. The van der Waals surface area contributed by atoms with Crippen LogP contribution in [0.2, 0.25) is 0 Å². The molecule has 2 aliphatic carbocycles. The summed E-state index contributed by atoms with van der Waals surface area (Å²) < 4.78 is 34.7. The Morgan fingerprint density at radius 2 is 1.76 bits per heavy atom. The third kappa shape index (κ3) is 5.26. The van der Waals surface area contributed by atoms with Gasteiger partial charge in [-0.15, -0.1) is 11.6 Å². The maximum atomic E-state index is 12.6. The van der Waals surface area contributed by atoms with Gasteiger partial charge in [0.2, 0.25) is 0 Å². The van der Waals surface area contributed by atoms with Crippen LogP contribution in [-0.2, 0) is 47.6 Å². The fraction of sp³-hybridized carbons (Fsp3) is 0.846. The van der Waals surface area contributed by atoms with Crippen molar-refractivity contribution in [3.8, 4) is 0 Å². The molecule has 2 saturated carbocycles. The van der Waals surface area contributed by atoms with Crippen LogP contribution in [0, 0.1) is 11.8 Å². The second-order valence-corrected chi connectivity index (χ2v) is 11.7. The first kappa shape index (κ1) is 27.6. The van der Waals surface area contributed by atoms with Gasteiger partial charge < -0.3 is 33.5 Å². The van der Waals surface area contributed by atoms with Crippen LogP contribution in [-0.4, -0.2) is 88.8 Å². The van der Waals surface area contributed by atoms with Crippen LogP contribution < -0.4 is 0 Å². The number of fused-ring (bicyclic) bond motifs is 5. The zero-order chi connectivity index (χ0) is 27.4. The van der Waals surface area contributed by atoms with Gasteiger partial charge in [0, 0.05) is 32.1 Å². The molecule has 11 nitrogen and oxygen atoms in total. The largest absolute Gasteiger partial charge is 0.459 e. The summed E-state index contributed by atoms with van der Waals surface area (Å²) in [5, 5.41) is 11.1. The van der Waals surface area contributed by atoms with E-state index in [4.69, 9.17) is 40.0 Å². The highest BCUT2D eigenvalue weighted by atomic mass is 35.5. The first-order chi connectivity index (χ1) is 18.0. The molecular weight excluding hydrogens is 524 g/mol. The molecule has 3 heterocycles. The highest BCUT2D eigenvalue weighted by Crippen LogP contribution is 2.55. The smallest absolute Gasteiger partial charge is 0.309 e. The van der Waals surface area contributed by atoms with Crippen molar-refractivity contribution in [3.63, 3.8) is 0 Å². The van der Waals surface area contributed by atoms with Gasteiger partial charge in [0.1, 0.15) is 30.5 Å². The quantitative estimate of drug-likeness (QED) is 0.159. The summed E-state index contributed by atoms with van der Waals surface area (Å²) in [4.78, 5) is 49.6. The summed E-state index contributed by atoms with van der Waals surface area (Å²) in [7, 11) is 0. The highest BCUT2D eigenvalue weighted by molar-refractivity contribution is 6.21. The average Bonchev–Trinajstić information content (AvgIpc) is 3.74. The van der Waals surface area contributed by atoms with E-state index in [0.717, 1.165) is 12.8 Å². The predicted molar refractivity (Wildman–Crippen MR) is 128 cm³/mol. The minimum Gasteiger partial charge on any atom is -0.459 e. The second kappa shape index (κ2) is 10.6. The number of hydrogen-bond donors (Lipinski definition) is 1. The molecule has 12 heteroatoms. The van der Waals surface area contributed by atoms with Crippen molar-refractivity contribution >= 4 is 35.5 Å². The Labute approximate surface area is 225 Å². The van der Waals surface area contributed by atoms with E-state index in [2.05, 4.69) is 0 Å². The lowest BCUT2D eigenvalue weighted by atomic mass is 9.65. The lowest BCUT2D eigenvalue weighted by Crippen LogP contribution is -2.62. The van der Waals surface area contributed by atoms with Crippen molar-refractivity contribution < 1.29 is 52.7 Å². The molecular formula is C26H35ClO11. The minimum absolute atomic E-state index is 0.147. The topological polar surface area (TPSA) is 150 Å². The van der Waals surface area contributed by atoms with Gasteiger partial charge in [-0.05, 0) is 19.3 Å². The molecule has 212 valence electrons. The fourth-order valence-electron chi connectivity index (χ4n) is 6.71. The Balaban J connectivity index is 1.52. The van der Waals surface area contributed by atoms with Crippen LogP contribution in [0.1, 0.15) is 65.7 Å². The van der Waals surface area contributed by atoms with Crippen LogP contribution >= 0.6 is 11.6 Å². The molecule has 3 aliphatic heterocycles. The van der Waals surface area contributed by atoms with Crippen molar-refractivity contribution in [3.05, 3.63) is 0 Å². The summed E-state index contributed by atoms with van der Waals surface area (Å²) in [5.41, 5.74) is -1.96. The maximum Gasteiger partial charge on any atom is 0.309 e. The maximum absolute atomic E-state index is 12.6. The third-order valence-electron chi connectivity index (χ3n) is 8.34. The monoisotopic (exact) mass is 558 g/mol. The molecule has 12 atom stereocenters. The van der Waals surface area contributed by atoms with Gasteiger partial charge in [0.15, 0.2) is 11.7 Å². The number of esters is 4. The molecule has 5 rings (SSSR count). The Bertz CT molecular complexity index is 973. The van der Waals surface area contributed by atoms with Gasteiger partial charge >= 0.3 is 23.9 Å². The number of carbonyl (C=O) groups is 4. The second-order valence-electron chi connectivity index (χ2n) is 11.1. The molecule has 5 aliphatic rings. The minimum atomic E-state index is -1.96. The summed E-state index contributed by atoms with van der Waals surface area (Å²) in [6, 6.07) is 0. The summed E-state index contributed by atoms with van der Waals surface area (Å²) >= 11 is 6.66. The van der Waals surface area contributed by atoms with Crippen molar-refractivity contribution in [2.75, 3.05) is 0 Å². The molecule has 3 saturated heterocycles. The molecule has 0 spiro atoms. The van der Waals surface area contributed by atoms with E-state index in [1.165, 1.54) is 13.8 Å². The molecule has 0 aromatic rings. The molecule has 0 aromatic carbocycles. The van der Waals surface area contributed by atoms with Crippen LogP contribution in [0.5, 0.6) is 0 Å². The van der Waals surface area contributed by atoms with Crippen molar-refractivity contribution in [1.29, 1.82) is 0 Å². The van der Waals surface area contributed by atoms with Crippen molar-refractivity contribution in [1.82, 2.24) is 0 Å². The number of rotatable bonds is 7. The zero-order valence-corrected chi connectivity index (χ0v) is 22.5. The van der Waals surface area contributed by atoms with E-state index in [0.29, 0.717) is 6.42 Å². The molecule has 0 radical (unpaired) electrons. The number of halogens is 1. The predicted octanol–water partition coefficient (Wildman–Crippen LogP) is 1.57. The number of aliphatic hydroxyl groups is 1. The van der Waals surface area contributed by atoms with Crippen molar-refractivity contribution in [2.24, 2.45) is 11.8 Å². The Hall–Kier alpha value is -1.95. The van der Waals surface area contributed by atoms with Crippen LogP contribution in [0.4, 0.5) is 0 Å². The molecule has 1 N–H and O–H groups in total. The standard InChI is InChI=1S/C26H35ClO11/c1-4-5-6-7-17(30)35-15-8-13-19(23-21(15)38-23)22(33-11(2)28)20-16(36-20)9-14(27)25-26(32,10-18(31)37-25)24(13)34-12(3)29/h13-16,19-25,32H,4-10H2,1-3H3. The Morgan fingerprint density at radius 3 is 2.45 bits per heavy atom. The molecule has 5 fully saturated rings. The normalized spacial score (nSPS) is 44.8. The molecule has 12 unspecified atom stereocenters. The molecule has 0 aromatic heterocycles. The van der Waals surface area contributed by atoms with Gasteiger partial charge in [-0.2, -0.15) is 0 Å². The van der Waals surface area contributed by atoms with Gasteiger partial charge in [-0.3, -0.25) is 19.2 Å². The lowest BCUT2D eigenvalue weighted by molar-refractivity contribution is -0.197. The molecule has 0 amide bonds. The number of alkyl halides is 1. The van der Waals surface area contributed by atoms with Gasteiger partial charge in [0.25, 0.3) is 0 Å². The lowest BCUT2D eigenvalue weighted by Gasteiger charge is -2.46. The van der Waals surface area contributed by atoms with Gasteiger partial charge in [-0.25, -0.2) is 0 Å². The molecule has 38 heavy (non-hydrogen) atoms. The van der Waals surface area contributed by atoms with E-state index in [1.807, 2.05) is 6.92 Å². The first-order valence-corrected chi connectivity index (χ1v) is 13.9. The average molecular weight is 559 g/mol. The highest BCUT2D eigenvalue weighted by Gasteiger charge is 2.70. The van der Waals surface area contributed by atoms with Crippen LogP contribution in [0.3, 0.4) is 0 Å². The fourth-order valence-corrected chi connectivity index (χ4v) is 7.15. The van der Waals surface area contributed by atoms with Crippen LogP contribution in [0.25, 0.3) is 0 Å². The summed E-state index contributed by atoms with van der Waals surface area (Å²) in [6.07, 6.45) is -2.95. The van der Waals surface area contributed by atoms with Crippen LogP contribution in [0.15, 0.2) is 0 Å². The number of carbonyl (C=O) groups excluding carboxylic acids is 4.